The van der Waals surface area contributed by atoms with Gasteiger partial charge in [0.2, 0.25) is 0 Å². The van der Waals surface area contributed by atoms with Crippen LogP contribution in [0.3, 0.4) is 0 Å². The van der Waals surface area contributed by atoms with E-state index in [4.69, 9.17) is 21.7 Å². The first-order chi connectivity index (χ1) is 19.0. The van der Waals surface area contributed by atoms with Crippen LogP contribution in [0.15, 0.2) is 36.4 Å². The molecule has 0 atom stereocenters. The molecule has 0 bridgehead atoms. The summed E-state index contributed by atoms with van der Waals surface area (Å²) in [7, 11) is 0. The lowest BCUT2D eigenvalue weighted by Crippen LogP contribution is -2.49. The van der Waals surface area contributed by atoms with Crippen molar-refractivity contribution < 1.29 is 27.8 Å². The summed E-state index contributed by atoms with van der Waals surface area (Å²) < 4.78 is 38.6. The number of amides is 2. The zero-order chi connectivity index (χ0) is 30.5. The number of carbonyl (C=O) groups excluding carboxylic acids is 2. The monoisotopic (exact) mass is 590 g/mol. The van der Waals surface area contributed by atoms with Gasteiger partial charge in [-0.15, -0.1) is 0 Å². The third-order valence-electron chi connectivity index (χ3n) is 6.14. The summed E-state index contributed by atoms with van der Waals surface area (Å²) in [6, 6.07) is 9.22. The number of nitrogens with zero attached hydrogens (tertiary/aromatic N) is 3. The van der Waals surface area contributed by atoms with Gasteiger partial charge in [0.25, 0.3) is 0 Å². The van der Waals surface area contributed by atoms with Crippen molar-refractivity contribution in [3.63, 3.8) is 0 Å². The van der Waals surface area contributed by atoms with E-state index < -0.39 is 28.9 Å². The lowest BCUT2D eigenvalue weighted by molar-refractivity contribution is 0.0139. The molecule has 0 aliphatic carbocycles. The van der Waals surface area contributed by atoms with Crippen LogP contribution >= 0.6 is 12.2 Å². The number of aryl methyl sites for hydroxylation is 1. The van der Waals surface area contributed by atoms with E-state index in [0.717, 1.165) is 28.9 Å². The van der Waals surface area contributed by atoms with Gasteiger partial charge in [0.15, 0.2) is 11.6 Å². The summed E-state index contributed by atoms with van der Waals surface area (Å²) >= 11 is 5.58. The van der Waals surface area contributed by atoms with Crippen LogP contribution in [-0.4, -0.2) is 70.9 Å². The van der Waals surface area contributed by atoms with Crippen molar-refractivity contribution >= 4 is 40.8 Å². The molecule has 2 amide bonds. The van der Waals surface area contributed by atoms with Crippen LogP contribution < -0.4 is 10.2 Å². The quantitative estimate of drug-likeness (QED) is 0.385. The van der Waals surface area contributed by atoms with Crippen molar-refractivity contribution in [2.75, 3.05) is 42.9 Å². The number of hydrogen-bond acceptors (Lipinski definition) is 6. The first kappa shape index (κ1) is 32.2. The van der Waals surface area contributed by atoms with Crippen LogP contribution in [0, 0.1) is 18.6 Å². The second-order valence-electron chi connectivity index (χ2n) is 12.1. The number of benzene rings is 2. The third kappa shape index (κ3) is 9.93. The van der Waals surface area contributed by atoms with E-state index in [1.807, 2.05) is 45.9 Å². The Morgan fingerprint density at radius 3 is 2.15 bits per heavy atom. The molecule has 8 nitrogen and oxygen atoms in total. The fourth-order valence-corrected chi connectivity index (χ4v) is 4.38. The summed E-state index contributed by atoms with van der Waals surface area (Å²) in [6.07, 6.45) is -1.03. The lowest BCUT2D eigenvalue weighted by Gasteiger charge is -2.35. The van der Waals surface area contributed by atoms with Gasteiger partial charge in [-0.2, -0.15) is 0 Å². The second-order valence-corrected chi connectivity index (χ2v) is 12.6. The minimum atomic E-state index is -1.08. The van der Waals surface area contributed by atoms with Gasteiger partial charge in [-0.05, 0) is 77.8 Å². The molecule has 0 unspecified atom stereocenters. The Morgan fingerprint density at radius 1 is 0.927 bits per heavy atom. The fraction of sp³-hybridized carbons (Fsp3) is 0.500. The molecule has 2 aromatic carbocycles. The molecule has 1 N–H and O–H groups in total. The largest absolute Gasteiger partial charge is 0.444 e. The van der Waals surface area contributed by atoms with Gasteiger partial charge in [-0.1, -0.05) is 24.4 Å². The first-order valence-electron chi connectivity index (χ1n) is 13.6. The zero-order valence-electron chi connectivity index (χ0n) is 24.8. The van der Waals surface area contributed by atoms with Crippen LogP contribution in [0.4, 0.5) is 29.7 Å². The van der Waals surface area contributed by atoms with Crippen molar-refractivity contribution in [2.45, 2.75) is 66.2 Å². The maximum atomic E-state index is 14.0. The predicted molar refractivity (Wildman–Crippen MR) is 160 cm³/mol. The van der Waals surface area contributed by atoms with E-state index in [2.05, 4.69) is 10.2 Å². The number of piperazine rings is 1. The van der Waals surface area contributed by atoms with Gasteiger partial charge in [-0.25, -0.2) is 18.4 Å². The maximum Gasteiger partial charge on any atom is 0.415 e. The summed E-state index contributed by atoms with van der Waals surface area (Å²) in [5, 5.41) is 3.20. The zero-order valence-corrected chi connectivity index (χ0v) is 25.7. The Morgan fingerprint density at radius 2 is 1.56 bits per heavy atom. The highest BCUT2D eigenvalue weighted by Gasteiger charge is 2.27. The number of hydrogen-bond donors (Lipinski definition) is 1. The average molecular weight is 591 g/mol. The molecule has 41 heavy (non-hydrogen) atoms. The molecule has 2 aromatic rings. The highest BCUT2D eigenvalue weighted by atomic mass is 32.1. The van der Waals surface area contributed by atoms with E-state index in [9.17, 15) is 18.4 Å². The molecule has 0 saturated carbocycles. The Hall–Kier alpha value is -3.31. The maximum absolute atomic E-state index is 14.0. The molecule has 224 valence electrons. The second kappa shape index (κ2) is 13.1. The van der Waals surface area contributed by atoms with E-state index in [-0.39, 0.29) is 18.3 Å². The SMILES string of the molecule is Cc1ccc(CN2CCN(C(=O)OC(C)(C)C)CC2)cc1NC(=S)CN(C(=O)OC(C)(C)C)c1ccc(F)c(F)c1. The van der Waals surface area contributed by atoms with Crippen LogP contribution in [0.25, 0.3) is 0 Å². The molecule has 1 saturated heterocycles. The Bertz CT molecular complexity index is 1270. The Kier molecular flexibility index (Phi) is 10.3. The normalized spacial score (nSPS) is 14.4. The summed E-state index contributed by atoms with van der Waals surface area (Å²) in [5.74, 6) is -2.09. The lowest BCUT2D eigenvalue weighted by atomic mass is 10.1. The third-order valence-corrected chi connectivity index (χ3v) is 6.37. The Labute approximate surface area is 246 Å². The Balaban J connectivity index is 1.66. The molecule has 1 aliphatic heterocycles. The minimum Gasteiger partial charge on any atom is -0.444 e. The van der Waals surface area contributed by atoms with Gasteiger partial charge >= 0.3 is 12.2 Å². The van der Waals surface area contributed by atoms with Gasteiger partial charge in [-0.3, -0.25) is 9.80 Å². The standard InChI is InChI=1S/C30H40F2N4O4S/c1-20-8-9-21(18-34-12-14-35(15-13-34)27(37)39-29(2,3)4)16-25(20)33-26(41)19-36(28(38)40-30(5,6)7)22-10-11-23(31)24(32)17-22/h8-11,16-17H,12-15,18-19H2,1-7H3,(H,33,41). The molecule has 1 heterocycles. The number of carbonyl (C=O) groups is 2. The molecule has 0 radical (unpaired) electrons. The van der Waals surface area contributed by atoms with Gasteiger partial charge in [0, 0.05) is 44.5 Å². The molecule has 3 rings (SSSR count). The van der Waals surface area contributed by atoms with Gasteiger partial charge in [0.05, 0.1) is 12.2 Å². The van der Waals surface area contributed by atoms with Crippen LogP contribution in [0.1, 0.15) is 52.7 Å². The molecular weight excluding hydrogens is 550 g/mol. The van der Waals surface area contributed by atoms with E-state index in [1.165, 1.54) is 11.0 Å². The number of rotatable bonds is 6. The first-order valence-corrected chi connectivity index (χ1v) is 14.0. The number of halogens is 2. The number of anilines is 2. The highest BCUT2D eigenvalue weighted by Crippen LogP contribution is 2.23. The van der Waals surface area contributed by atoms with Crippen LogP contribution in [0.2, 0.25) is 0 Å². The van der Waals surface area contributed by atoms with Gasteiger partial charge < -0.3 is 19.7 Å². The van der Waals surface area contributed by atoms with Gasteiger partial charge in [0.1, 0.15) is 16.2 Å². The van der Waals surface area contributed by atoms with E-state index >= 15 is 0 Å². The number of thiocarbonyl (C=S) groups is 1. The minimum absolute atomic E-state index is 0.106. The predicted octanol–water partition coefficient (Wildman–Crippen LogP) is 6.51. The summed E-state index contributed by atoms with van der Waals surface area (Å²) in [4.78, 5) is 30.8. The molecule has 11 heteroatoms. The smallest absolute Gasteiger partial charge is 0.415 e. The summed E-state index contributed by atoms with van der Waals surface area (Å²) in [6.45, 7) is 15.8. The van der Waals surface area contributed by atoms with E-state index in [0.29, 0.717) is 37.7 Å². The fourth-order valence-electron chi connectivity index (χ4n) is 4.14. The van der Waals surface area contributed by atoms with Crippen LogP contribution in [0.5, 0.6) is 0 Å². The topological polar surface area (TPSA) is 74.4 Å². The summed E-state index contributed by atoms with van der Waals surface area (Å²) in [5.41, 5.74) is 1.57. The van der Waals surface area contributed by atoms with Crippen molar-refractivity contribution in [1.29, 1.82) is 0 Å². The molecule has 1 aliphatic rings. The number of nitrogens with one attached hydrogen (secondary N) is 1. The van der Waals surface area contributed by atoms with Crippen molar-refractivity contribution in [3.05, 3.63) is 59.2 Å². The average Bonchev–Trinajstić information content (AvgIpc) is 2.84. The van der Waals surface area contributed by atoms with E-state index in [1.54, 1.807) is 25.7 Å². The molecule has 0 aromatic heterocycles. The number of ether oxygens (including phenoxy) is 2. The van der Waals surface area contributed by atoms with Crippen LogP contribution in [-0.2, 0) is 16.0 Å². The van der Waals surface area contributed by atoms with Crippen molar-refractivity contribution in [1.82, 2.24) is 9.80 Å². The van der Waals surface area contributed by atoms with Crippen molar-refractivity contribution in [3.8, 4) is 0 Å². The molecular formula is C30H40F2N4O4S. The molecule has 0 spiro atoms. The molecule has 1 fully saturated rings. The van der Waals surface area contributed by atoms with Crippen molar-refractivity contribution in [2.24, 2.45) is 0 Å². The highest BCUT2D eigenvalue weighted by molar-refractivity contribution is 7.80.